The van der Waals surface area contributed by atoms with E-state index in [-0.39, 0.29) is 17.4 Å². The van der Waals surface area contributed by atoms with Gasteiger partial charge in [-0.1, -0.05) is 23.7 Å². The predicted molar refractivity (Wildman–Crippen MR) is 95.6 cm³/mol. The van der Waals surface area contributed by atoms with Crippen LogP contribution in [0.25, 0.3) is 0 Å². The second kappa shape index (κ2) is 7.75. The van der Waals surface area contributed by atoms with Crippen molar-refractivity contribution in [3.63, 3.8) is 0 Å². The highest BCUT2D eigenvalue weighted by Crippen LogP contribution is 2.27. The summed E-state index contributed by atoms with van der Waals surface area (Å²) in [4.78, 5) is 28.3. The summed E-state index contributed by atoms with van der Waals surface area (Å²) >= 11 is 6.20. The Kier molecular flexibility index (Phi) is 5.71. The number of halogens is 1. The minimum atomic E-state index is -0.380. The largest absolute Gasteiger partial charge is 0.349 e. The van der Waals surface area contributed by atoms with Crippen LogP contribution in [0.3, 0.4) is 0 Å². The highest BCUT2D eigenvalue weighted by Gasteiger charge is 2.14. The molecule has 2 rings (SSSR count). The lowest BCUT2D eigenvalue weighted by Crippen LogP contribution is -2.24. The molecule has 124 valence electrons. The van der Waals surface area contributed by atoms with E-state index in [2.05, 4.69) is 22.2 Å². The SMILES string of the molecule is C=CCNC(=O)c1cncc(C(=O)Nc2c(C)cc(C)cc2Cl)c1. The number of nitrogens with one attached hydrogen (secondary N) is 2. The molecule has 2 N–H and O–H groups in total. The standard InChI is InChI=1S/C18H18ClN3O2/c1-4-5-21-17(23)13-8-14(10-20-9-13)18(24)22-16-12(3)6-11(2)7-15(16)19/h4,6-10H,1,5H2,2-3H3,(H,21,23)(H,22,24). The van der Waals surface area contributed by atoms with Crippen LogP contribution >= 0.6 is 11.6 Å². The van der Waals surface area contributed by atoms with Gasteiger partial charge in [-0.05, 0) is 37.1 Å². The Morgan fingerprint density at radius 3 is 2.46 bits per heavy atom. The van der Waals surface area contributed by atoms with Crippen LogP contribution < -0.4 is 10.6 Å². The lowest BCUT2D eigenvalue weighted by atomic mass is 10.1. The van der Waals surface area contributed by atoms with Crippen molar-refractivity contribution >= 4 is 29.1 Å². The second-order valence-electron chi connectivity index (χ2n) is 5.35. The smallest absolute Gasteiger partial charge is 0.257 e. The number of hydrogen-bond donors (Lipinski definition) is 2. The minimum Gasteiger partial charge on any atom is -0.349 e. The highest BCUT2D eigenvalue weighted by molar-refractivity contribution is 6.34. The molecule has 0 saturated carbocycles. The maximum Gasteiger partial charge on any atom is 0.257 e. The van der Waals surface area contributed by atoms with E-state index in [0.29, 0.717) is 22.8 Å². The number of carbonyl (C=O) groups is 2. The van der Waals surface area contributed by atoms with Gasteiger partial charge in [0, 0.05) is 18.9 Å². The third kappa shape index (κ3) is 4.20. The first-order valence-electron chi connectivity index (χ1n) is 7.34. The molecule has 0 bridgehead atoms. The van der Waals surface area contributed by atoms with E-state index in [1.165, 1.54) is 18.5 Å². The Bertz CT molecular complexity index is 780. The Balaban J connectivity index is 2.22. The first kappa shape index (κ1) is 17.7. The zero-order valence-electron chi connectivity index (χ0n) is 13.5. The molecule has 0 atom stereocenters. The summed E-state index contributed by atoms with van der Waals surface area (Å²) in [6.45, 7) is 7.67. The number of pyridine rings is 1. The van der Waals surface area contributed by atoms with E-state index < -0.39 is 0 Å². The van der Waals surface area contributed by atoms with Crippen molar-refractivity contribution in [2.45, 2.75) is 13.8 Å². The van der Waals surface area contributed by atoms with Crippen molar-refractivity contribution in [2.75, 3.05) is 11.9 Å². The van der Waals surface area contributed by atoms with Gasteiger partial charge in [-0.3, -0.25) is 14.6 Å². The van der Waals surface area contributed by atoms with E-state index in [1.807, 2.05) is 19.9 Å². The number of benzene rings is 1. The molecule has 0 aliphatic carbocycles. The molecule has 24 heavy (non-hydrogen) atoms. The molecular formula is C18H18ClN3O2. The van der Waals surface area contributed by atoms with Crippen LogP contribution in [-0.4, -0.2) is 23.3 Å². The number of anilines is 1. The highest BCUT2D eigenvalue weighted by atomic mass is 35.5. The predicted octanol–water partition coefficient (Wildman–Crippen LogP) is 3.52. The molecule has 2 aromatic rings. The number of hydrogen-bond acceptors (Lipinski definition) is 3. The number of aryl methyl sites for hydroxylation is 2. The maximum atomic E-state index is 12.4. The summed E-state index contributed by atoms with van der Waals surface area (Å²) in [5.74, 6) is -0.698. The number of carbonyl (C=O) groups excluding carboxylic acids is 2. The van der Waals surface area contributed by atoms with Crippen molar-refractivity contribution in [1.29, 1.82) is 0 Å². The molecule has 0 saturated heterocycles. The van der Waals surface area contributed by atoms with Crippen LogP contribution in [0.15, 0.2) is 43.2 Å². The van der Waals surface area contributed by atoms with E-state index in [0.717, 1.165) is 11.1 Å². The van der Waals surface area contributed by atoms with Crippen molar-refractivity contribution < 1.29 is 9.59 Å². The van der Waals surface area contributed by atoms with Gasteiger partial charge < -0.3 is 10.6 Å². The molecule has 5 nitrogen and oxygen atoms in total. The lowest BCUT2D eigenvalue weighted by Gasteiger charge is -2.12. The summed E-state index contributed by atoms with van der Waals surface area (Å²) in [5, 5.41) is 5.88. The van der Waals surface area contributed by atoms with Gasteiger partial charge in [0.15, 0.2) is 0 Å². The fourth-order valence-corrected chi connectivity index (χ4v) is 2.58. The summed E-state index contributed by atoms with van der Waals surface area (Å²) in [5.41, 5.74) is 3.00. The van der Waals surface area contributed by atoms with Crippen LogP contribution in [0.1, 0.15) is 31.8 Å². The van der Waals surface area contributed by atoms with E-state index in [4.69, 9.17) is 11.6 Å². The molecule has 0 fully saturated rings. The summed E-state index contributed by atoms with van der Waals surface area (Å²) in [6.07, 6.45) is 4.38. The fourth-order valence-electron chi connectivity index (χ4n) is 2.21. The van der Waals surface area contributed by atoms with E-state index >= 15 is 0 Å². The normalized spacial score (nSPS) is 10.1. The third-order valence-electron chi connectivity index (χ3n) is 3.34. The quantitative estimate of drug-likeness (QED) is 0.816. The maximum absolute atomic E-state index is 12.4. The molecule has 1 aromatic carbocycles. The van der Waals surface area contributed by atoms with Crippen molar-refractivity contribution in [1.82, 2.24) is 10.3 Å². The summed E-state index contributed by atoms with van der Waals surface area (Å²) < 4.78 is 0. The number of nitrogens with zero attached hydrogens (tertiary/aromatic N) is 1. The molecule has 1 aromatic heterocycles. The van der Waals surface area contributed by atoms with Crippen LogP contribution in [0.4, 0.5) is 5.69 Å². The molecule has 6 heteroatoms. The van der Waals surface area contributed by atoms with Gasteiger partial charge in [0.05, 0.1) is 21.8 Å². The Morgan fingerprint density at radius 2 is 1.83 bits per heavy atom. The lowest BCUT2D eigenvalue weighted by molar-refractivity contribution is 0.0957. The molecule has 0 aliphatic rings. The van der Waals surface area contributed by atoms with Crippen LogP contribution in [0.5, 0.6) is 0 Å². The number of rotatable bonds is 5. The monoisotopic (exact) mass is 343 g/mol. The van der Waals surface area contributed by atoms with Crippen molar-refractivity contribution in [3.8, 4) is 0 Å². The molecule has 1 heterocycles. The average Bonchev–Trinajstić information content (AvgIpc) is 2.55. The minimum absolute atomic E-state index is 0.275. The van der Waals surface area contributed by atoms with Gasteiger partial charge >= 0.3 is 0 Å². The Morgan fingerprint density at radius 1 is 1.17 bits per heavy atom. The topological polar surface area (TPSA) is 71.1 Å². The molecule has 2 amide bonds. The van der Waals surface area contributed by atoms with Gasteiger partial charge in [0.1, 0.15) is 0 Å². The first-order valence-corrected chi connectivity index (χ1v) is 7.72. The fraction of sp³-hybridized carbons (Fsp3) is 0.167. The van der Waals surface area contributed by atoms with Crippen molar-refractivity contribution in [3.05, 3.63) is 70.5 Å². The molecule has 0 radical (unpaired) electrons. The number of amides is 2. The van der Waals surface area contributed by atoms with Crippen LogP contribution in [-0.2, 0) is 0 Å². The zero-order chi connectivity index (χ0) is 17.7. The van der Waals surface area contributed by atoms with Gasteiger partial charge in [0.25, 0.3) is 11.8 Å². The molecule has 0 unspecified atom stereocenters. The van der Waals surface area contributed by atoms with Crippen LogP contribution in [0.2, 0.25) is 5.02 Å². The molecule has 0 spiro atoms. The Labute approximate surface area is 145 Å². The molecular weight excluding hydrogens is 326 g/mol. The van der Waals surface area contributed by atoms with Gasteiger partial charge in [-0.25, -0.2) is 0 Å². The van der Waals surface area contributed by atoms with Gasteiger partial charge in [-0.15, -0.1) is 6.58 Å². The van der Waals surface area contributed by atoms with Gasteiger partial charge in [-0.2, -0.15) is 0 Å². The third-order valence-corrected chi connectivity index (χ3v) is 3.64. The van der Waals surface area contributed by atoms with E-state index in [1.54, 1.807) is 12.1 Å². The second-order valence-corrected chi connectivity index (χ2v) is 5.76. The average molecular weight is 344 g/mol. The summed E-state index contributed by atoms with van der Waals surface area (Å²) in [6, 6.07) is 5.19. The van der Waals surface area contributed by atoms with Crippen molar-refractivity contribution in [2.24, 2.45) is 0 Å². The number of aromatic nitrogens is 1. The Hall–Kier alpha value is -2.66. The summed E-state index contributed by atoms with van der Waals surface area (Å²) in [7, 11) is 0. The van der Waals surface area contributed by atoms with Gasteiger partial charge in [0.2, 0.25) is 0 Å². The molecule has 0 aliphatic heterocycles. The van der Waals surface area contributed by atoms with Crippen LogP contribution in [0, 0.1) is 13.8 Å². The van der Waals surface area contributed by atoms with E-state index in [9.17, 15) is 9.59 Å². The zero-order valence-corrected chi connectivity index (χ0v) is 14.3. The first-order chi connectivity index (χ1) is 11.4.